The molecule has 0 fully saturated rings. The number of hydrogen-bond acceptors (Lipinski definition) is 5. The third-order valence-corrected chi connectivity index (χ3v) is 3.39. The zero-order valence-electron chi connectivity index (χ0n) is 10.2. The van der Waals surface area contributed by atoms with Crippen molar-refractivity contribution < 1.29 is 9.47 Å². The standard InChI is InChI=1S/C13H14N2O2S/c1-16-10-7-9(14)12(8-11(10)17-2)18-13-5-3-4-6-15-13/h3-8H,14H2,1-2H3. The highest BCUT2D eigenvalue weighted by atomic mass is 32.2. The molecule has 0 aliphatic carbocycles. The van der Waals surface area contributed by atoms with Crippen LogP contribution in [0.15, 0.2) is 46.5 Å². The van der Waals surface area contributed by atoms with Gasteiger partial charge in [-0.1, -0.05) is 17.8 Å². The molecule has 0 unspecified atom stereocenters. The average molecular weight is 262 g/mol. The molecule has 2 aromatic rings. The maximum atomic E-state index is 5.98. The summed E-state index contributed by atoms with van der Waals surface area (Å²) in [7, 11) is 3.19. The minimum atomic E-state index is 0.625. The number of ether oxygens (including phenoxy) is 2. The van der Waals surface area contributed by atoms with Crippen molar-refractivity contribution in [2.75, 3.05) is 20.0 Å². The number of nitrogen functional groups attached to an aromatic ring is 1. The van der Waals surface area contributed by atoms with Crippen LogP contribution in [0.2, 0.25) is 0 Å². The Balaban J connectivity index is 2.33. The van der Waals surface area contributed by atoms with Gasteiger partial charge in [-0.15, -0.1) is 0 Å². The summed E-state index contributed by atoms with van der Waals surface area (Å²) in [6.45, 7) is 0. The van der Waals surface area contributed by atoms with Gasteiger partial charge in [0.25, 0.3) is 0 Å². The van der Waals surface area contributed by atoms with Gasteiger partial charge in [-0.05, 0) is 12.1 Å². The van der Waals surface area contributed by atoms with E-state index < -0.39 is 0 Å². The molecule has 2 rings (SSSR count). The van der Waals surface area contributed by atoms with E-state index >= 15 is 0 Å². The van der Waals surface area contributed by atoms with Crippen LogP contribution in [0.1, 0.15) is 0 Å². The molecule has 1 aromatic carbocycles. The summed E-state index contributed by atoms with van der Waals surface area (Å²) in [4.78, 5) is 5.14. The first kappa shape index (κ1) is 12.6. The van der Waals surface area contributed by atoms with Gasteiger partial charge in [-0.2, -0.15) is 0 Å². The van der Waals surface area contributed by atoms with Crippen molar-refractivity contribution in [2.45, 2.75) is 9.92 Å². The summed E-state index contributed by atoms with van der Waals surface area (Å²) in [5, 5.41) is 0.886. The van der Waals surface area contributed by atoms with Crippen LogP contribution >= 0.6 is 11.8 Å². The zero-order chi connectivity index (χ0) is 13.0. The first-order valence-electron chi connectivity index (χ1n) is 5.35. The lowest BCUT2D eigenvalue weighted by atomic mass is 10.3. The molecule has 0 amide bonds. The monoisotopic (exact) mass is 262 g/mol. The molecule has 5 heteroatoms. The Bertz CT molecular complexity index is 532. The van der Waals surface area contributed by atoms with E-state index in [4.69, 9.17) is 15.2 Å². The molecule has 1 aromatic heterocycles. The average Bonchev–Trinajstić information content (AvgIpc) is 2.41. The van der Waals surface area contributed by atoms with Gasteiger partial charge in [0.2, 0.25) is 0 Å². The van der Waals surface area contributed by atoms with Crippen LogP contribution in [0.25, 0.3) is 0 Å². The number of pyridine rings is 1. The number of aromatic nitrogens is 1. The highest BCUT2D eigenvalue weighted by molar-refractivity contribution is 7.99. The molecule has 2 N–H and O–H groups in total. The molecule has 0 bridgehead atoms. The second kappa shape index (κ2) is 5.64. The maximum absolute atomic E-state index is 5.98. The SMILES string of the molecule is COc1cc(N)c(Sc2ccccn2)cc1OC. The summed E-state index contributed by atoms with van der Waals surface area (Å²) in [5.41, 5.74) is 6.63. The molecule has 94 valence electrons. The van der Waals surface area contributed by atoms with E-state index in [1.165, 1.54) is 11.8 Å². The van der Waals surface area contributed by atoms with E-state index in [0.717, 1.165) is 9.92 Å². The molecular formula is C13H14N2O2S. The number of methoxy groups -OCH3 is 2. The van der Waals surface area contributed by atoms with E-state index in [-0.39, 0.29) is 0 Å². The summed E-state index contributed by atoms with van der Waals surface area (Å²) in [6.07, 6.45) is 1.75. The molecule has 4 nitrogen and oxygen atoms in total. The number of hydrogen-bond donors (Lipinski definition) is 1. The lowest BCUT2D eigenvalue weighted by molar-refractivity contribution is 0.354. The highest BCUT2D eigenvalue weighted by Crippen LogP contribution is 2.38. The van der Waals surface area contributed by atoms with Crippen molar-refractivity contribution in [1.82, 2.24) is 4.98 Å². The maximum Gasteiger partial charge on any atom is 0.162 e. The Morgan fingerprint density at radius 3 is 2.44 bits per heavy atom. The molecule has 0 spiro atoms. The van der Waals surface area contributed by atoms with Gasteiger partial charge in [0, 0.05) is 28.9 Å². The smallest absolute Gasteiger partial charge is 0.162 e. The third-order valence-electron chi connectivity index (χ3n) is 2.37. The topological polar surface area (TPSA) is 57.4 Å². The van der Waals surface area contributed by atoms with Gasteiger partial charge in [0.05, 0.1) is 14.2 Å². The second-order valence-corrected chi connectivity index (χ2v) is 4.58. The van der Waals surface area contributed by atoms with E-state index in [1.807, 2.05) is 24.3 Å². The van der Waals surface area contributed by atoms with Crippen molar-refractivity contribution in [3.8, 4) is 11.5 Å². The third kappa shape index (κ3) is 2.68. The van der Waals surface area contributed by atoms with E-state index in [2.05, 4.69) is 4.98 Å². The van der Waals surface area contributed by atoms with Crippen molar-refractivity contribution in [3.05, 3.63) is 36.5 Å². The Hall–Kier alpha value is -1.88. The fourth-order valence-electron chi connectivity index (χ4n) is 1.48. The minimum Gasteiger partial charge on any atom is -0.493 e. The number of anilines is 1. The molecule has 0 saturated heterocycles. The molecule has 0 atom stereocenters. The van der Waals surface area contributed by atoms with Gasteiger partial charge in [-0.3, -0.25) is 0 Å². The van der Waals surface area contributed by atoms with Gasteiger partial charge in [0.1, 0.15) is 5.03 Å². The lowest BCUT2D eigenvalue weighted by Gasteiger charge is -2.11. The molecule has 1 heterocycles. The summed E-state index contributed by atoms with van der Waals surface area (Å²) >= 11 is 1.49. The van der Waals surface area contributed by atoms with Crippen LogP contribution in [-0.4, -0.2) is 19.2 Å². The number of nitrogens with zero attached hydrogens (tertiary/aromatic N) is 1. The van der Waals surface area contributed by atoms with Crippen LogP contribution in [0, 0.1) is 0 Å². The first-order valence-corrected chi connectivity index (χ1v) is 6.16. The fraction of sp³-hybridized carbons (Fsp3) is 0.154. The van der Waals surface area contributed by atoms with Crippen LogP contribution in [-0.2, 0) is 0 Å². The molecule has 0 aliphatic heterocycles. The predicted octanol–water partition coefficient (Wildman–Crippen LogP) is 2.83. The highest BCUT2D eigenvalue weighted by Gasteiger charge is 2.10. The Morgan fingerprint density at radius 2 is 1.83 bits per heavy atom. The van der Waals surface area contributed by atoms with Crippen LogP contribution in [0.5, 0.6) is 11.5 Å². The van der Waals surface area contributed by atoms with Crippen molar-refractivity contribution in [3.63, 3.8) is 0 Å². The second-order valence-electron chi connectivity index (χ2n) is 3.52. The summed E-state index contributed by atoms with van der Waals surface area (Å²) in [6, 6.07) is 9.35. The Morgan fingerprint density at radius 1 is 1.11 bits per heavy atom. The Labute approximate surface area is 110 Å². The molecule has 0 radical (unpaired) electrons. The van der Waals surface area contributed by atoms with E-state index in [0.29, 0.717) is 17.2 Å². The summed E-state index contributed by atoms with van der Waals surface area (Å²) < 4.78 is 10.4. The van der Waals surface area contributed by atoms with E-state index in [1.54, 1.807) is 26.5 Å². The number of rotatable bonds is 4. The van der Waals surface area contributed by atoms with Gasteiger partial charge < -0.3 is 15.2 Å². The lowest BCUT2D eigenvalue weighted by Crippen LogP contribution is -1.95. The number of benzene rings is 1. The van der Waals surface area contributed by atoms with Crippen molar-refractivity contribution in [2.24, 2.45) is 0 Å². The minimum absolute atomic E-state index is 0.625. The first-order chi connectivity index (χ1) is 8.74. The van der Waals surface area contributed by atoms with Crippen molar-refractivity contribution >= 4 is 17.4 Å². The molecular weight excluding hydrogens is 248 g/mol. The molecule has 0 saturated carbocycles. The molecule has 0 aliphatic rings. The van der Waals surface area contributed by atoms with Crippen molar-refractivity contribution in [1.29, 1.82) is 0 Å². The largest absolute Gasteiger partial charge is 0.493 e. The quantitative estimate of drug-likeness (QED) is 0.859. The predicted molar refractivity (Wildman–Crippen MR) is 72.3 cm³/mol. The normalized spacial score (nSPS) is 10.1. The van der Waals surface area contributed by atoms with Crippen LogP contribution in [0.3, 0.4) is 0 Å². The fourth-order valence-corrected chi connectivity index (χ4v) is 2.31. The Kier molecular flexibility index (Phi) is 3.94. The summed E-state index contributed by atoms with van der Waals surface area (Å²) in [5.74, 6) is 1.28. The van der Waals surface area contributed by atoms with Gasteiger partial charge in [0.15, 0.2) is 11.5 Å². The van der Waals surface area contributed by atoms with Gasteiger partial charge >= 0.3 is 0 Å². The van der Waals surface area contributed by atoms with Gasteiger partial charge in [-0.25, -0.2) is 4.98 Å². The zero-order valence-corrected chi connectivity index (χ0v) is 11.0. The van der Waals surface area contributed by atoms with Crippen LogP contribution < -0.4 is 15.2 Å². The van der Waals surface area contributed by atoms with E-state index in [9.17, 15) is 0 Å². The van der Waals surface area contributed by atoms with Crippen LogP contribution in [0.4, 0.5) is 5.69 Å². The number of nitrogens with two attached hydrogens (primary N) is 1. The molecule has 18 heavy (non-hydrogen) atoms.